The molecule has 1 heterocycles. The molecule has 0 saturated heterocycles. The van der Waals surface area contributed by atoms with E-state index in [9.17, 15) is 5.11 Å². The Kier molecular flexibility index (Phi) is 4.29. The number of aliphatic hydroxyl groups excluding tert-OH is 1. The van der Waals surface area contributed by atoms with E-state index in [2.05, 4.69) is 18.9 Å². The number of nitrogens with zero attached hydrogens (tertiary/aromatic N) is 2. The van der Waals surface area contributed by atoms with Crippen molar-refractivity contribution in [2.75, 3.05) is 0 Å². The lowest BCUT2D eigenvalue weighted by molar-refractivity contribution is 0.126. The van der Waals surface area contributed by atoms with Gasteiger partial charge >= 0.3 is 0 Å². The molecule has 0 spiro atoms. The Labute approximate surface area is 91.1 Å². The van der Waals surface area contributed by atoms with Crippen molar-refractivity contribution >= 4 is 0 Å². The quantitative estimate of drug-likeness (QED) is 0.771. The summed E-state index contributed by atoms with van der Waals surface area (Å²) in [6, 6.07) is 1.61. The van der Waals surface area contributed by atoms with Crippen LogP contribution in [0.25, 0.3) is 0 Å². The van der Waals surface area contributed by atoms with Crippen molar-refractivity contribution in [1.82, 2.24) is 9.78 Å². The van der Waals surface area contributed by atoms with Crippen LogP contribution in [0.1, 0.15) is 39.0 Å². The van der Waals surface area contributed by atoms with E-state index >= 15 is 0 Å². The summed E-state index contributed by atoms with van der Waals surface area (Å²) in [4.78, 5) is 0. The third-order valence-electron chi connectivity index (χ3n) is 2.50. The lowest BCUT2D eigenvalue weighted by Gasteiger charge is -2.21. The van der Waals surface area contributed by atoms with Crippen molar-refractivity contribution < 1.29 is 5.11 Å². The number of aliphatic hydroxyl groups is 1. The van der Waals surface area contributed by atoms with Gasteiger partial charge in [-0.1, -0.05) is 13.8 Å². The molecule has 0 amide bonds. The van der Waals surface area contributed by atoms with Crippen molar-refractivity contribution in [2.45, 2.75) is 45.9 Å². The lowest BCUT2D eigenvalue weighted by Crippen LogP contribution is -2.31. The van der Waals surface area contributed by atoms with Crippen molar-refractivity contribution in [3.05, 3.63) is 18.0 Å². The molecule has 15 heavy (non-hydrogen) atoms. The second-order valence-electron chi connectivity index (χ2n) is 4.31. The number of hydrogen-bond acceptors (Lipinski definition) is 3. The number of hydrogen-bond donors (Lipinski definition) is 2. The van der Waals surface area contributed by atoms with Gasteiger partial charge in [0.2, 0.25) is 0 Å². The van der Waals surface area contributed by atoms with Crippen LogP contribution in [0.15, 0.2) is 12.3 Å². The minimum Gasteiger partial charge on any atom is -0.385 e. The van der Waals surface area contributed by atoms with Gasteiger partial charge in [-0.3, -0.25) is 4.68 Å². The molecule has 1 aromatic heterocycles. The maximum Gasteiger partial charge on any atom is 0.111 e. The van der Waals surface area contributed by atoms with Crippen molar-refractivity contribution in [3.8, 4) is 0 Å². The highest BCUT2D eigenvalue weighted by molar-refractivity contribution is 5.07. The van der Waals surface area contributed by atoms with E-state index in [1.807, 2.05) is 13.0 Å². The molecule has 0 aliphatic carbocycles. The second-order valence-corrected chi connectivity index (χ2v) is 4.31. The van der Waals surface area contributed by atoms with Crippen LogP contribution in [0, 0.1) is 5.92 Å². The number of aryl methyl sites for hydroxylation is 1. The number of rotatable bonds is 5. The third kappa shape index (κ3) is 3.04. The molecular formula is C11H21N3O. The second kappa shape index (κ2) is 5.28. The molecule has 0 radical (unpaired) electrons. The summed E-state index contributed by atoms with van der Waals surface area (Å²) < 4.78 is 1.78. The van der Waals surface area contributed by atoms with Gasteiger partial charge in [-0.25, -0.2) is 0 Å². The van der Waals surface area contributed by atoms with Crippen LogP contribution in [0.2, 0.25) is 0 Å². The standard InChI is InChI=1S/C11H21N3O/c1-4-14-10(5-6-13-14)11(15)9(12)7-8(2)3/h5-6,8-9,11,15H,4,7,12H2,1-3H3. The maximum atomic E-state index is 10.1. The monoisotopic (exact) mass is 211 g/mol. The zero-order valence-corrected chi connectivity index (χ0v) is 9.72. The van der Waals surface area contributed by atoms with Crippen molar-refractivity contribution in [3.63, 3.8) is 0 Å². The third-order valence-corrected chi connectivity index (χ3v) is 2.50. The Morgan fingerprint density at radius 2 is 2.20 bits per heavy atom. The minimum absolute atomic E-state index is 0.216. The highest BCUT2D eigenvalue weighted by atomic mass is 16.3. The first kappa shape index (κ1) is 12.2. The van der Waals surface area contributed by atoms with E-state index in [1.165, 1.54) is 0 Å². The molecule has 0 aliphatic rings. The normalized spacial score (nSPS) is 15.6. The molecule has 0 aliphatic heterocycles. The molecule has 0 saturated carbocycles. The summed E-state index contributed by atoms with van der Waals surface area (Å²) in [5.74, 6) is 0.493. The van der Waals surface area contributed by atoms with Crippen LogP contribution in [0.3, 0.4) is 0 Å². The first-order valence-corrected chi connectivity index (χ1v) is 5.51. The highest BCUT2D eigenvalue weighted by Crippen LogP contribution is 2.19. The predicted octanol–water partition coefficient (Wildman–Crippen LogP) is 1.31. The molecule has 2 atom stereocenters. The van der Waals surface area contributed by atoms with Crippen LogP contribution in [-0.4, -0.2) is 20.9 Å². The minimum atomic E-state index is -0.616. The SMILES string of the molecule is CCn1nccc1C(O)C(N)CC(C)C. The van der Waals surface area contributed by atoms with Crippen molar-refractivity contribution in [2.24, 2.45) is 11.7 Å². The molecule has 4 heteroatoms. The van der Waals surface area contributed by atoms with E-state index in [-0.39, 0.29) is 6.04 Å². The van der Waals surface area contributed by atoms with Crippen LogP contribution < -0.4 is 5.73 Å². The van der Waals surface area contributed by atoms with Crippen LogP contribution in [0.5, 0.6) is 0 Å². The largest absolute Gasteiger partial charge is 0.385 e. The number of aromatic nitrogens is 2. The summed E-state index contributed by atoms with van der Waals surface area (Å²) in [7, 11) is 0. The first-order valence-electron chi connectivity index (χ1n) is 5.51. The fraction of sp³-hybridized carbons (Fsp3) is 0.727. The van der Waals surface area contributed by atoms with E-state index in [0.717, 1.165) is 18.7 Å². The van der Waals surface area contributed by atoms with Gasteiger partial charge in [-0.05, 0) is 25.3 Å². The van der Waals surface area contributed by atoms with Gasteiger partial charge in [-0.2, -0.15) is 5.10 Å². The topological polar surface area (TPSA) is 64.1 Å². The lowest BCUT2D eigenvalue weighted by atomic mass is 9.98. The van der Waals surface area contributed by atoms with Gasteiger partial charge in [0.1, 0.15) is 6.10 Å². The zero-order chi connectivity index (χ0) is 11.4. The predicted molar refractivity (Wildman–Crippen MR) is 60.3 cm³/mol. The van der Waals surface area contributed by atoms with Crippen molar-refractivity contribution in [1.29, 1.82) is 0 Å². The maximum absolute atomic E-state index is 10.1. The molecular weight excluding hydrogens is 190 g/mol. The van der Waals surface area contributed by atoms with Gasteiger partial charge in [0.05, 0.1) is 5.69 Å². The fourth-order valence-electron chi connectivity index (χ4n) is 1.75. The van der Waals surface area contributed by atoms with Gasteiger partial charge in [-0.15, -0.1) is 0 Å². The average Bonchev–Trinajstić information content (AvgIpc) is 2.62. The van der Waals surface area contributed by atoms with Crippen LogP contribution in [-0.2, 0) is 6.54 Å². The molecule has 1 aromatic rings. The molecule has 1 rings (SSSR count). The summed E-state index contributed by atoms with van der Waals surface area (Å²) in [5, 5.41) is 14.2. The molecule has 2 unspecified atom stereocenters. The van der Waals surface area contributed by atoms with Gasteiger partial charge in [0.15, 0.2) is 0 Å². The Balaban J connectivity index is 2.70. The molecule has 3 N–H and O–H groups in total. The fourth-order valence-corrected chi connectivity index (χ4v) is 1.75. The van der Waals surface area contributed by atoms with E-state index < -0.39 is 6.10 Å². The summed E-state index contributed by atoms with van der Waals surface area (Å²) in [6.07, 6.45) is 1.90. The van der Waals surface area contributed by atoms with Crippen LogP contribution in [0.4, 0.5) is 0 Å². The highest BCUT2D eigenvalue weighted by Gasteiger charge is 2.20. The molecule has 0 fully saturated rings. The van der Waals surface area contributed by atoms with E-state index in [1.54, 1.807) is 10.9 Å². The van der Waals surface area contributed by atoms with Gasteiger partial charge in [0, 0.05) is 18.8 Å². The van der Waals surface area contributed by atoms with Gasteiger partial charge in [0.25, 0.3) is 0 Å². The molecule has 0 bridgehead atoms. The smallest absolute Gasteiger partial charge is 0.111 e. The molecule has 4 nitrogen and oxygen atoms in total. The van der Waals surface area contributed by atoms with Crippen LogP contribution >= 0.6 is 0 Å². The molecule has 86 valence electrons. The van der Waals surface area contributed by atoms with E-state index in [4.69, 9.17) is 5.73 Å². The van der Waals surface area contributed by atoms with Gasteiger partial charge < -0.3 is 10.8 Å². The zero-order valence-electron chi connectivity index (χ0n) is 9.72. The summed E-state index contributed by atoms with van der Waals surface area (Å²) in [6.45, 7) is 6.96. The Morgan fingerprint density at radius 3 is 2.73 bits per heavy atom. The Morgan fingerprint density at radius 1 is 1.53 bits per heavy atom. The Bertz CT molecular complexity index is 296. The average molecular weight is 211 g/mol. The Hall–Kier alpha value is -0.870. The van der Waals surface area contributed by atoms with E-state index in [0.29, 0.717) is 5.92 Å². The summed E-state index contributed by atoms with van der Waals surface area (Å²) in [5.41, 5.74) is 6.75. The summed E-state index contributed by atoms with van der Waals surface area (Å²) >= 11 is 0. The molecule has 0 aromatic carbocycles. The number of nitrogens with two attached hydrogens (primary N) is 1. The first-order chi connectivity index (χ1) is 7.06.